The van der Waals surface area contributed by atoms with Gasteiger partial charge < -0.3 is 10.2 Å². The Morgan fingerprint density at radius 3 is 2.09 bits per heavy atom. The maximum atomic E-state index is 13.5. The molecule has 0 spiro atoms. The van der Waals surface area contributed by atoms with Crippen LogP contribution in [-0.4, -0.2) is 44.8 Å². The third-order valence-corrected chi connectivity index (χ3v) is 7.81. The van der Waals surface area contributed by atoms with E-state index >= 15 is 0 Å². The van der Waals surface area contributed by atoms with Gasteiger partial charge >= 0.3 is 0 Å². The standard InChI is InChI=1S/C26H28BrN3O4S/c1-4-29(5-2)26(32)23-8-6-7-9-24(23)28-25(31)18-30(21-14-12-20(27)13-15-21)35(33,34)22-16-10-19(3)11-17-22/h6-17H,4-5,18H2,1-3H3,(H,28,31). The average Bonchev–Trinajstić information content (AvgIpc) is 2.84. The Labute approximate surface area is 214 Å². The molecule has 7 nitrogen and oxygen atoms in total. The second-order valence-corrected chi connectivity index (χ2v) is 10.7. The van der Waals surface area contributed by atoms with Crippen molar-refractivity contribution in [1.82, 2.24) is 4.90 Å². The quantitative estimate of drug-likeness (QED) is 0.397. The first kappa shape index (κ1) is 26.4. The number of halogens is 1. The second kappa shape index (κ2) is 11.5. The molecule has 0 aliphatic rings. The Hall–Kier alpha value is -3.17. The molecule has 0 saturated heterocycles. The van der Waals surface area contributed by atoms with Crippen LogP contribution in [0.1, 0.15) is 29.8 Å². The number of benzene rings is 3. The Morgan fingerprint density at radius 1 is 0.886 bits per heavy atom. The van der Waals surface area contributed by atoms with E-state index < -0.39 is 22.5 Å². The highest BCUT2D eigenvalue weighted by molar-refractivity contribution is 9.10. The molecule has 0 atom stereocenters. The van der Waals surface area contributed by atoms with E-state index in [0.717, 1.165) is 14.3 Å². The predicted octanol–water partition coefficient (Wildman–Crippen LogP) is 5.07. The number of amides is 2. The minimum atomic E-state index is -4.04. The summed E-state index contributed by atoms with van der Waals surface area (Å²) in [5.74, 6) is -0.772. The average molecular weight is 558 g/mol. The zero-order valence-electron chi connectivity index (χ0n) is 19.9. The van der Waals surface area contributed by atoms with Gasteiger partial charge in [-0.15, -0.1) is 0 Å². The Balaban J connectivity index is 1.93. The summed E-state index contributed by atoms with van der Waals surface area (Å²) < 4.78 is 28.9. The van der Waals surface area contributed by atoms with Crippen LogP contribution in [0.4, 0.5) is 11.4 Å². The van der Waals surface area contributed by atoms with Crippen molar-refractivity contribution >= 4 is 49.1 Å². The first-order valence-electron chi connectivity index (χ1n) is 11.2. The molecule has 3 aromatic rings. The Bertz CT molecular complexity index is 1290. The van der Waals surface area contributed by atoms with E-state index in [0.29, 0.717) is 30.0 Å². The molecule has 0 unspecified atom stereocenters. The fraction of sp³-hybridized carbons (Fsp3) is 0.231. The molecule has 0 saturated carbocycles. The Kier molecular flexibility index (Phi) is 8.69. The number of aryl methyl sites for hydroxylation is 1. The number of nitrogens with one attached hydrogen (secondary N) is 1. The van der Waals surface area contributed by atoms with Crippen molar-refractivity contribution in [3.8, 4) is 0 Å². The number of para-hydroxylation sites is 1. The molecule has 2 amide bonds. The van der Waals surface area contributed by atoms with Gasteiger partial charge in [-0.2, -0.15) is 0 Å². The van der Waals surface area contributed by atoms with Gasteiger partial charge in [-0.25, -0.2) is 8.42 Å². The van der Waals surface area contributed by atoms with E-state index in [-0.39, 0.29) is 10.8 Å². The zero-order valence-corrected chi connectivity index (χ0v) is 22.3. The minimum absolute atomic E-state index is 0.0796. The van der Waals surface area contributed by atoms with Gasteiger partial charge in [0, 0.05) is 17.6 Å². The van der Waals surface area contributed by atoms with Crippen LogP contribution in [0.2, 0.25) is 0 Å². The third-order valence-electron chi connectivity index (χ3n) is 5.49. The van der Waals surface area contributed by atoms with Gasteiger partial charge in [0.1, 0.15) is 6.54 Å². The topological polar surface area (TPSA) is 86.8 Å². The molecule has 1 N–H and O–H groups in total. The number of carbonyl (C=O) groups excluding carboxylic acids is 2. The summed E-state index contributed by atoms with van der Waals surface area (Å²) in [5, 5.41) is 2.74. The SMILES string of the molecule is CCN(CC)C(=O)c1ccccc1NC(=O)CN(c1ccc(Br)cc1)S(=O)(=O)c1ccc(C)cc1. The highest BCUT2D eigenvalue weighted by atomic mass is 79.9. The largest absolute Gasteiger partial charge is 0.339 e. The van der Waals surface area contributed by atoms with Crippen molar-refractivity contribution in [2.45, 2.75) is 25.7 Å². The normalized spacial score (nSPS) is 11.1. The van der Waals surface area contributed by atoms with E-state index in [1.807, 2.05) is 20.8 Å². The number of rotatable bonds is 9. The number of sulfonamides is 1. The molecular formula is C26H28BrN3O4S. The number of anilines is 2. The monoisotopic (exact) mass is 557 g/mol. The van der Waals surface area contributed by atoms with Crippen LogP contribution < -0.4 is 9.62 Å². The number of hydrogen-bond acceptors (Lipinski definition) is 4. The molecule has 35 heavy (non-hydrogen) atoms. The summed E-state index contributed by atoms with van der Waals surface area (Å²) in [6.07, 6.45) is 0. The van der Waals surface area contributed by atoms with Crippen LogP contribution in [-0.2, 0) is 14.8 Å². The Morgan fingerprint density at radius 2 is 1.49 bits per heavy atom. The third kappa shape index (κ3) is 6.29. The molecule has 184 valence electrons. The smallest absolute Gasteiger partial charge is 0.264 e. The fourth-order valence-electron chi connectivity index (χ4n) is 3.54. The van der Waals surface area contributed by atoms with Gasteiger partial charge in [0.05, 0.1) is 21.8 Å². The van der Waals surface area contributed by atoms with E-state index in [1.54, 1.807) is 65.6 Å². The molecule has 0 aliphatic heterocycles. The molecule has 0 heterocycles. The lowest BCUT2D eigenvalue weighted by molar-refractivity contribution is -0.114. The highest BCUT2D eigenvalue weighted by Gasteiger charge is 2.28. The predicted molar refractivity (Wildman–Crippen MR) is 142 cm³/mol. The summed E-state index contributed by atoms with van der Waals surface area (Å²) >= 11 is 3.35. The van der Waals surface area contributed by atoms with Crippen molar-refractivity contribution in [3.05, 3.63) is 88.4 Å². The van der Waals surface area contributed by atoms with Gasteiger partial charge in [-0.1, -0.05) is 45.8 Å². The number of nitrogens with zero attached hydrogens (tertiary/aromatic N) is 2. The summed E-state index contributed by atoms with van der Waals surface area (Å²) in [7, 11) is -4.04. The molecule has 0 fully saturated rings. The number of hydrogen-bond donors (Lipinski definition) is 1. The van der Waals surface area contributed by atoms with Gasteiger partial charge in [0.15, 0.2) is 0 Å². The molecule has 3 rings (SSSR count). The summed E-state index contributed by atoms with van der Waals surface area (Å²) in [6.45, 7) is 6.23. The van der Waals surface area contributed by atoms with E-state index in [1.165, 1.54) is 12.1 Å². The van der Waals surface area contributed by atoms with Crippen molar-refractivity contribution in [3.63, 3.8) is 0 Å². The van der Waals surface area contributed by atoms with Crippen LogP contribution in [0, 0.1) is 6.92 Å². The molecule has 0 aliphatic carbocycles. The van der Waals surface area contributed by atoms with Crippen molar-refractivity contribution in [2.24, 2.45) is 0 Å². The zero-order chi connectivity index (χ0) is 25.6. The van der Waals surface area contributed by atoms with Crippen LogP contribution in [0.3, 0.4) is 0 Å². The second-order valence-electron chi connectivity index (χ2n) is 7.87. The van der Waals surface area contributed by atoms with Crippen LogP contribution in [0.5, 0.6) is 0 Å². The van der Waals surface area contributed by atoms with Crippen LogP contribution in [0.15, 0.2) is 82.2 Å². The van der Waals surface area contributed by atoms with E-state index in [9.17, 15) is 18.0 Å². The van der Waals surface area contributed by atoms with Crippen molar-refractivity contribution in [1.29, 1.82) is 0 Å². The lowest BCUT2D eigenvalue weighted by Crippen LogP contribution is -2.38. The van der Waals surface area contributed by atoms with Crippen LogP contribution >= 0.6 is 15.9 Å². The molecule has 0 bridgehead atoms. The maximum Gasteiger partial charge on any atom is 0.264 e. The summed E-state index contributed by atoms with van der Waals surface area (Å²) in [5.41, 5.74) is 1.95. The van der Waals surface area contributed by atoms with E-state index in [4.69, 9.17) is 0 Å². The maximum absolute atomic E-state index is 13.5. The van der Waals surface area contributed by atoms with Crippen molar-refractivity contribution in [2.75, 3.05) is 29.3 Å². The molecular weight excluding hydrogens is 530 g/mol. The van der Waals surface area contributed by atoms with Crippen molar-refractivity contribution < 1.29 is 18.0 Å². The lowest BCUT2D eigenvalue weighted by Gasteiger charge is -2.25. The van der Waals surface area contributed by atoms with Gasteiger partial charge in [0.25, 0.3) is 15.9 Å². The fourth-order valence-corrected chi connectivity index (χ4v) is 5.23. The van der Waals surface area contributed by atoms with Crippen LogP contribution in [0.25, 0.3) is 0 Å². The van der Waals surface area contributed by atoms with Gasteiger partial charge in [-0.3, -0.25) is 13.9 Å². The first-order valence-corrected chi connectivity index (χ1v) is 13.4. The number of carbonyl (C=O) groups is 2. The minimum Gasteiger partial charge on any atom is -0.339 e. The summed E-state index contributed by atoms with van der Waals surface area (Å²) in [6, 6.07) is 19.8. The summed E-state index contributed by atoms with van der Waals surface area (Å²) in [4.78, 5) is 27.8. The van der Waals surface area contributed by atoms with Gasteiger partial charge in [-0.05, 0) is 69.3 Å². The molecule has 0 radical (unpaired) electrons. The first-order chi connectivity index (χ1) is 16.7. The van der Waals surface area contributed by atoms with Gasteiger partial charge in [0.2, 0.25) is 5.91 Å². The molecule has 0 aromatic heterocycles. The van der Waals surface area contributed by atoms with E-state index in [2.05, 4.69) is 21.2 Å². The highest BCUT2D eigenvalue weighted by Crippen LogP contribution is 2.26. The molecule has 9 heteroatoms. The lowest BCUT2D eigenvalue weighted by atomic mass is 10.1. The molecule has 3 aromatic carbocycles.